The first-order valence-electron chi connectivity index (χ1n) is 9.10. The van der Waals surface area contributed by atoms with Gasteiger partial charge in [0.1, 0.15) is 11.5 Å². The van der Waals surface area contributed by atoms with E-state index in [1.165, 1.54) is 0 Å². The molecule has 1 unspecified atom stereocenters. The minimum absolute atomic E-state index is 0.0127. The van der Waals surface area contributed by atoms with Gasteiger partial charge in [-0.3, -0.25) is 0 Å². The van der Waals surface area contributed by atoms with Crippen LogP contribution in [0.2, 0.25) is 0 Å². The number of carbonyl (C=O) groups is 1. The third-order valence-corrected chi connectivity index (χ3v) is 5.10. The van der Waals surface area contributed by atoms with Crippen LogP contribution in [0.3, 0.4) is 0 Å². The fourth-order valence-corrected chi connectivity index (χ4v) is 3.71. The molecule has 0 bridgehead atoms. The summed E-state index contributed by atoms with van der Waals surface area (Å²) in [4.78, 5) is 11.4. The molecule has 142 valence electrons. The molecular weight excluding hydrogens is 332 g/mol. The fraction of sp³-hybridized carbons (Fsp3) is 0.476. The van der Waals surface area contributed by atoms with Crippen molar-refractivity contribution in [3.05, 3.63) is 47.1 Å². The lowest BCUT2D eigenvalue weighted by Crippen LogP contribution is -2.20. The fourth-order valence-electron chi connectivity index (χ4n) is 3.71. The third kappa shape index (κ3) is 4.67. The molecule has 0 radical (unpaired) electrons. The zero-order chi connectivity index (χ0) is 19.3. The van der Waals surface area contributed by atoms with Gasteiger partial charge in [0.05, 0.1) is 0 Å². The van der Waals surface area contributed by atoms with E-state index in [2.05, 4.69) is 6.58 Å². The summed E-state index contributed by atoms with van der Waals surface area (Å²) >= 11 is 0. The van der Waals surface area contributed by atoms with Crippen molar-refractivity contribution in [2.45, 2.75) is 51.4 Å². The maximum atomic E-state index is 11.4. The number of aryl methyl sites for hydroxylation is 1. The highest BCUT2D eigenvalue weighted by Crippen LogP contribution is 2.46. The number of aromatic hydroxyl groups is 2. The van der Waals surface area contributed by atoms with E-state index in [9.17, 15) is 20.1 Å². The number of aliphatic hydroxyl groups excluding tert-OH is 1. The van der Waals surface area contributed by atoms with Crippen LogP contribution < -0.4 is 0 Å². The maximum Gasteiger partial charge on any atom is 0.331 e. The molecule has 0 fully saturated rings. The standard InChI is InChI=1S/C21H28O5/c1-13(2)16-8-7-15(21(25)26)12-17(16)20-18(23)10-14(11-19(20)24)6-4-3-5-9-22/h10-12,16-17,22-24H,1,3-9H2,2H3,(H,25,26)/t16-,17?/m0/s1. The summed E-state index contributed by atoms with van der Waals surface area (Å²) in [7, 11) is 0. The normalized spacial score (nSPS) is 19.8. The first-order chi connectivity index (χ1) is 12.3. The number of hydrogen-bond donors (Lipinski definition) is 4. The zero-order valence-corrected chi connectivity index (χ0v) is 15.2. The average Bonchev–Trinajstić information content (AvgIpc) is 2.58. The van der Waals surface area contributed by atoms with Crippen molar-refractivity contribution in [3.63, 3.8) is 0 Å². The van der Waals surface area contributed by atoms with Crippen molar-refractivity contribution in [2.24, 2.45) is 5.92 Å². The Balaban J connectivity index is 2.33. The van der Waals surface area contributed by atoms with Gasteiger partial charge in [0.25, 0.3) is 0 Å². The van der Waals surface area contributed by atoms with Crippen LogP contribution in [0.5, 0.6) is 11.5 Å². The van der Waals surface area contributed by atoms with Crippen LogP contribution in [-0.4, -0.2) is 33.0 Å². The van der Waals surface area contributed by atoms with E-state index >= 15 is 0 Å². The largest absolute Gasteiger partial charge is 0.507 e. The smallest absolute Gasteiger partial charge is 0.331 e. The molecular formula is C21H28O5. The number of hydrogen-bond acceptors (Lipinski definition) is 4. The van der Waals surface area contributed by atoms with Crippen LogP contribution in [0, 0.1) is 5.92 Å². The van der Waals surface area contributed by atoms with E-state index in [-0.39, 0.29) is 24.0 Å². The molecule has 2 rings (SSSR count). The van der Waals surface area contributed by atoms with Crippen LogP contribution in [0.1, 0.15) is 56.1 Å². The lowest BCUT2D eigenvalue weighted by Gasteiger charge is -2.31. The van der Waals surface area contributed by atoms with E-state index in [0.717, 1.165) is 30.4 Å². The van der Waals surface area contributed by atoms with Crippen LogP contribution in [0.15, 0.2) is 35.9 Å². The lowest BCUT2D eigenvalue weighted by atomic mass is 9.73. The van der Waals surface area contributed by atoms with E-state index in [4.69, 9.17) is 5.11 Å². The number of benzene rings is 1. The molecule has 0 aromatic heterocycles. The molecule has 0 spiro atoms. The van der Waals surface area contributed by atoms with E-state index in [1.807, 2.05) is 6.92 Å². The Morgan fingerprint density at radius 2 is 1.85 bits per heavy atom. The molecule has 0 saturated carbocycles. The van der Waals surface area contributed by atoms with Crippen molar-refractivity contribution >= 4 is 5.97 Å². The molecule has 26 heavy (non-hydrogen) atoms. The van der Waals surface area contributed by atoms with Crippen LogP contribution in [0.25, 0.3) is 0 Å². The van der Waals surface area contributed by atoms with Gasteiger partial charge in [-0.1, -0.05) is 24.6 Å². The van der Waals surface area contributed by atoms with Gasteiger partial charge in [-0.2, -0.15) is 0 Å². The topological polar surface area (TPSA) is 98.0 Å². The van der Waals surface area contributed by atoms with Gasteiger partial charge in [0.15, 0.2) is 0 Å². The third-order valence-electron chi connectivity index (χ3n) is 5.10. The Morgan fingerprint density at radius 1 is 1.19 bits per heavy atom. The first kappa shape index (κ1) is 20.0. The number of carboxylic acids is 1. The monoisotopic (exact) mass is 360 g/mol. The van der Waals surface area contributed by atoms with Crippen molar-refractivity contribution in [2.75, 3.05) is 6.61 Å². The molecule has 0 heterocycles. The van der Waals surface area contributed by atoms with E-state index in [1.54, 1.807) is 18.2 Å². The summed E-state index contributed by atoms with van der Waals surface area (Å²) in [5.41, 5.74) is 2.41. The van der Waals surface area contributed by atoms with Crippen molar-refractivity contribution < 1.29 is 25.2 Å². The number of phenols is 2. The summed E-state index contributed by atoms with van der Waals surface area (Å²) in [5.74, 6) is -1.42. The lowest BCUT2D eigenvalue weighted by molar-refractivity contribution is -0.133. The Labute approximate surface area is 154 Å². The predicted octanol–water partition coefficient (Wildman–Crippen LogP) is 3.88. The minimum Gasteiger partial charge on any atom is -0.507 e. The summed E-state index contributed by atoms with van der Waals surface area (Å²) in [6, 6.07) is 3.29. The maximum absolute atomic E-state index is 11.4. The van der Waals surface area contributed by atoms with Gasteiger partial charge >= 0.3 is 5.97 Å². The molecule has 0 saturated heterocycles. The average molecular weight is 360 g/mol. The number of unbranched alkanes of at least 4 members (excludes halogenated alkanes) is 2. The first-order valence-corrected chi connectivity index (χ1v) is 9.10. The van der Waals surface area contributed by atoms with Gasteiger partial charge < -0.3 is 20.4 Å². The van der Waals surface area contributed by atoms with Crippen LogP contribution in [0.4, 0.5) is 0 Å². The number of aliphatic carboxylic acids is 1. The number of allylic oxidation sites excluding steroid dienone is 2. The zero-order valence-electron chi connectivity index (χ0n) is 15.2. The molecule has 1 aromatic rings. The van der Waals surface area contributed by atoms with Gasteiger partial charge in [-0.05, 0) is 62.6 Å². The number of phenolic OH excluding ortho intramolecular Hbond substituents is 2. The Morgan fingerprint density at radius 3 is 2.38 bits per heavy atom. The molecule has 5 nitrogen and oxygen atoms in total. The Kier molecular flexibility index (Phi) is 6.86. The number of aliphatic hydroxyl groups is 1. The number of carboxylic acid groups (broad SMARTS) is 1. The molecule has 1 aliphatic rings. The van der Waals surface area contributed by atoms with Crippen molar-refractivity contribution in [1.29, 1.82) is 0 Å². The van der Waals surface area contributed by atoms with Crippen LogP contribution >= 0.6 is 0 Å². The van der Waals surface area contributed by atoms with Gasteiger partial charge in [-0.25, -0.2) is 4.79 Å². The molecule has 2 atom stereocenters. The molecule has 1 aromatic carbocycles. The highest BCUT2D eigenvalue weighted by atomic mass is 16.4. The second kappa shape index (κ2) is 8.90. The molecule has 1 aliphatic carbocycles. The quantitative estimate of drug-likeness (QED) is 0.416. The summed E-state index contributed by atoms with van der Waals surface area (Å²) in [5, 5.41) is 39.2. The van der Waals surface area contributed by atoms with Crippen molar-refractivity contribution in [3.8, 4) is 11.5 Å². The second-order valence-electron chi connectivity index (χ2n) is 7.10. The van der Waals surface area contributed by atoms with Crippen LogP contribution in [-0.2, 0) is 11.2 Å². The summed E-state index contributed by atoms with van der Waals surface area (Å²) in [6.45, 7) is 6.05. The molecule has 5 heteroatoms. The van der Waals surface area contributed by atoms with Gasteiger partial charge in [0, 0.05) is 23.7 Å². The van der Waals surface area contributed by atoms with E-state index in [0.29, 0.717) is 30.4 Å². The SMILES string of the molecule is C=C(C)[C@@H]1CCC(C(=O)O)=CC1c1c(O)cc(CCCCCO)cc1O. The Bertz CT molecular complexity index is 681. The number of rotatable bonds is 8. The van der Waals surface area contributed by atoms with E-state index < -0.39 is 11.9 Å². The van der Waals surface area contributed by atoms with Gasteiger partial charge in [-0.15, -0.1) is 0 Å². The Hall–Kier alpha value is -2.27. The summed E-state index contributed by atoms with van der Waals surface area (Å²) < 4.78 is 0. The molecule has 0 aliphatic heterocycles. The second-order valence-corrected chi connectivity index (χ2v) is 7.10. The summed E-state index contributed by atoms with van der Waals surface area (Å²) in [6.07, 6.45) is 5.90. The van der Waals surface area contributed by atoms with Crippen molar-refractivity contribution in [1.82, 2.24) is 0 Å². The highest BCUT2D eigenvalue weighted by Gasteiger charge is 2.32. The highest BCUT2D eigenvalue weighted by molar-refractivity contribution is 5.87. The minimum atomic E-state index is -0.963. The predicted molar refractivity (Wildman–Crippen MR) is 100 cm³/mol. The molecule has 0 amide bonds. The molecule has 4 N–H and O–H groups in total. The van der Waals surface area contributed by atoms with Gasteiger partial charge in [0.2, 0.25) is 0 Å².